The third kappa shape index (κ3) is 3.66. The number of nitrogens with zero attached hydrogens (tertiary/aromatic N) is 7. The summed E-state index contributed by atoms with van der Waals surface area (Å²) in [5.74, 6) is -0.268. The Bertz CT molecular complexity index is 1240. The van der Waals surface area contributed by atoms with Gasteiger partial charge in [-0.25, -0.2) is 9.50 Å². The van der Waals surface area contributed by atoms with E-state index in [1.165, 1.54) is 0 Å². The van der Waals surface area contributed by atoms with Crippen LogP contribution in [-0.2, 0) is 13.6 Å². The number of aromatic nitrogens is 7. The number of rotatable bonds is 6. The lowest BCUT2D eigenvalue weighted by molar-refractivity contribution is 0.0947. The van der Waals surface area contributed by atoms with Crippen molar-refractivity contribution in [2.75, 3.05) is 6.54 Å². The summed E-state index contributed by atoms with van der Waals surface area (Å²) in [5.41, 5.74) is 4.33. The number of halogens is 2. The molecule has 0 aromatic carbocycles. The third-order valence-electron chi connectivity index (χ3n) is 4.93. The molecule has 0 radical (unpaired) electrons. The van der Waals surface area contributed by atoms with E-state index >= 15 is 0 Å². The molecule has 0 atom stereocenters. The van der Waals surface area contributed by atoms with Crippen LogP contribution in [-0.4, -0.2) is 46.6 Å². The molecule has 1 amide bonds. The molecule has 0 aliphatic carbocycles. The highest BCUT2D eigenvalue weighted by molar-refractivity contribution is 6.41. The third-order valence-corrected chi connectivity index (χ3v) is 5.86. The molecule has 4 aromatic rings. The Morgan fingerprint density at radius 2 is 2.03 bits per heavy atom. The van der Waals surface area contributed by atoms with Crippen molar-refractivity contribution in [1.29, 1.82) is 0 Å². The summed E-state index contributed by atoms with van der Waals surface area (Å²) in [6, 6.07) is 3.52. The van der Waals surface area contributed by atoms with Gasteiger partial charge in [-0.3, -0.25) is 14.2 Å². The lowest BCUT2D eigenvalue weighted by Gasteiger charge is -2.05. The smallest absolute Gasteiger partial charge is 0.271 e. The molecule has 0 saturated carbocycles. The van der Waals surface area contributed by atoms with Crippen LogP contribution in [0.2, 0.25) is 10.2 Å². The maximum absolute atomic E-state index is 12.6. The molecule has 30 heavy (non-hydrogen) atoms. The molecule has 0 saturated heterocycles. The second kappa shape index (κ2) is 8.08. The number of carbonyl (C=O) groups excluding carboxylic acids is 1. The van der Waals surface area contributed by atoms with Crippen LogP contribution in [0.1, 0.15) is 28.3 Å². The van der Waals surface area contributed by atoms with Gasteiger partial charge < -0.3 is 5.32 Å². The first-order valence-corrected chi connectivity index (χ1v) is 10.1. The number of fused-ring (bicyclic) bond motifs is 1. The first-order valence-electron chi connectivity index (χ1n) is 9.37. The molecule has 0 bridgehead atoms. The molecular formula is C19H20Cl2N8O. The van der Waals surface area contributed by atoms with Gasteiger partial charge in [0.25, 0.3) is 5.91 Å². The van der Waals surface area contributed by atoms with Crippen LogP contribution >= 0.6 is 23.2 Å². The van der Waals surface area contributed by atoms with Gasteiger partial charge in [0.15, 0.2) is 11.3 Å². The van der Waals surface area contributed by atoms with E-state index in [-0.39, 0.29) is 5.91 Å². The van der Waals surface area contributed by atoms with Crippen molar-refractivity contribution < 1.29 is 4.79 Å². The molecule has 4 aromatic heterocycles. The van der Waals surface area contributed by atoms with Gasteiger partial charge in [0.2, 0.25) is 0 Å². The largest absolute Gasteiger partial charge is 0.351 e. The van der Waals surface area contributed by atoms with Crippen molar-refractivity contribution in [2.24, 2.45) is 7.05 Å². The van der Waals surface area contributed by atoms with E-state index in [0.717, 1.165) is 17.0 Å². The van der Waals surface area contributed by atoms with E-state index in [1.54, 1.807) is 39.3 Å². The molecule has 1 N–H and O–H groups in total. The predicted octanol–water partition coefficient (Wildman–Crippen LogP) is 3.07. The quantitative estimate of drug-likeness (QED) is 0.459. The molecular weight excluding hydrogens is 427 g/mol. The lowest BCUT2D eigenvalue weighted by Crippen LogP contribution is -2.25. The number of amides is 1. The Balaban J connectivity index is 1.45. The van der Waals surface area contributed by atoms with Gasteiger partial charge in [-0.1, -0.05) is 23.2 Å². The highest BCUT2D eigenvalue weighted by Crippen LogP contribution is 2.25. The van der Waals surface area contributed by atoms with E-state index < -0.39 is 0 Å². The minimum absolute atomic E-state index is 0.268. The molecule has 0 fully saturated rings. The van der Waals surface area contributed by atoms with Crippen molar-refractivity contribution in [3.63, 3.8) is 0 Å². The standard InChI is InChI=1S/C19H20Cl2N8O/c1-11-17(20)18(21)28(25-11)8-4-6-23-19(30)14-9-16-22-7-5-15(29(16)26-14)13-10-24-27(3)12(13)2/h5,7,9-10H,4,6,8H2,1-3H3,(H,23,30). The van der Waals surface area contributed by atoms with Gasteiger partial charge in [0.05, 0.1) is 17.6 Å². The second-order valence-corrected chi connectivity index (χ2v) is 7.66. The maximum Gasteiger partial charge on any atom is 0.271 e. The molecule has 0 unspecified atom stereocenters. The second-order valence-electron chi connectivity index (χ2n) is 6.92. The summed E-state index contributed by atoms with van der Waals surface area (Å²) >= 11 is 12.2. The Kier molecular flexibility index (Phi) is 5.48. The average molecular weight is 447 g/mol. The summed E-state index contributed by atoms with van der Waals surface area (Å²) in [4.78, 5) is 16.9. The van der Waals surface area contributed by atoms with E-state index in [1.807, 2.05) is 20.0 Å². The van der Waals surface area contributed by atoms with E-state index in [0.29, 0.717) is 46.7 Å². The van der Waals surface area contributed by atoms with Crippen LogP contribution in [0.4, 0.5) is 0 Å². The molecule has 4 rings (SSSR count). The SMILES string of the molecule is Cc1nn(CCCNC(=O)c2cc3nccc(-c4cnn(C)c4C)n3n2)c(Cl)c1Cl. The van der Waals surface area contributed by atoms with Crippen LogP contribution in [0.3, 0.4) is 0 Å². The highest BCUT2D eigenvalue weighted by Gasteiger charge is 2.16. The van der Waals surface area contributed by atoms with E-state index in [9.17, 15) is 4.79 Å². The Hall–Kier alpha value is -2.91. The molecule has 0 spiro atoms. The molecule has 4 heterocycles. The molecule has 0 aliphatic rings. The molecule has 9 nitrogen and oxygen atoms in total. The first-order chi connectivity index (χ1) is 14.4. The van der Waals surface area contributed by atoms with Gasteiger partial charge in [-0.05, 0) is 26.3 Å². The highest BCUT2D eigenvalue weighted by atomic mass is 35.5. The van der Waals surface area contributed by atoms with Gasteiger partial charge in [-0.2, -0.15) is 15.3 Å². The minimum atomic E-state index is -0.268. The first kappa shape index (κ1) is 20.4. The number of aryl methyl sites for hydroxylation is 3. The Morgan fingerprint density at radius 3 is 2.70 bits per heavy atom. The number of carbonyl (C=O) groups is 1. The van der Waals surface area contributed by atoms with Crippen LogP contribution in [0.25, 0.3) is 16.9 Å². The van der Waals surface area contributed by atoms with E-state index in [4.69, 9.17) is 23.2 Å². The van der Waals surface area contributed by atoms with Crippen LogP contribution in [0.5, 0.6) is 0 Å². The normalized spacial score (nSPS) is 11.4. The molecule has 156 valence electrons. The Labute approximate surface area is 182 Å². The summed E-state index contributed by atoms with van der Waals surface area (Å²) < 4.78 is 5.08. The van der Waals surface area contributed by atoms with Crippen molar-refractivity contribution in [1.82, 2.24) is 39.5 Å². The van der Waals surface area contributed by atoms with Gasteiger partial charge in [-0.15, -0.1) is 0 Å². The summed E-state index contributed by atoms with van der Waals surface area (Å²) in [5, 5.41) is 16.7. The zero-order chi connectivity index (χ0) is 21.4. The van der Waals surface area contributed by atoms with E-state index in [2.05, 4.69) is 25.6 Å². The zero-order valence-electron chi connectivity index (χ0n) is 16.7. The fourth-order valence-electron chi connectivity index (χ4n) is 3.16. The average Bonchev–Trinajstić information content (AvgIpc) is 3.38. The maximum atomic E-state index is 12.6. The number of hydrogen-bond donors (Lipinski definition) is 1. The lowest BCUT2D eigenvalue weighted by atomic mass is 10.2. The van der Waals surface area contributed by atoms with Crippen molar-refractivity contribution in [3.8, 4) is 11.3 Å². The predicted molar refractivity (Wildman–Crippen MR) is 114 cm³/mol. The van der Waals surface area contributed by atoms with Crippen LogP contribution < -0.4 is 5.32 Å². The summed E-state index contributed by atoms with van der Waals surface area (Å²) in [6.07, 6.45) is 4.12. The van der Waals surface area contributed by atoms with Crippen LogP contribution in [0.15, 0.2) is 24.5 Å². The monoisotopic (exact) mass is 446 g/mol. The van der Waals surface area contributed by atoms with Crippen molar-refractivity contribution in [3.05, 3.63) is 51.8 Å². The number of hydrogen-bond acceptors (Lipinski definition) is 5. The van der Waals surface area contributed by atoms with Crippen molar-refractivity contribution >= 4 is 34.8 Å². The summed E-state index contributed by atoms with van der Waals surface area (Å²) in [7, 11) is 1.88. The zero-order valence-corrected chi connectivity index (χ0v) is 18.2. The van der Waals surface area contributed by atoms with Gasteiger partial charge in [0.1, 0.15) is 10.2 Å². The van der Waals surface area contributed by atoms with Gasteiger partial charge >= 0.3 is 0 Å². The topological polar surface area (TPSA) is 94.9 Å². The fraction of sp³-hybridized carbons (Fsp3) is 0.316. The molecule has 0 aliphatic heterocycles. The Morgan fingerprint density at radius 1 is 1.23 bits per heavy atom. The minimum Gasteiger partial charge on any atom is -0.351 e. The summed E-state index contributed by atoms with van der Waals surface area (Å²) in [6.45, 7) is 4.77. The van der Waals surface area contributed by atoms with Gasteiger partial charge in [0, 0.05) is 43.7 Å². The number of nitrogens with one attached hydrogen (secondary N) is 1. The van der Waals surface area contributed by atoms with Crippen molar-refractivity contribution in [2.45, 2.75) is 26.8 Å². The van der Waals surface area contributed by atoms with Crippen LogP contribution in [0, 0.1) is 13.8 Å². The molecule has 11 heteroatoms. The fourth-order valence-corrected chi connectivity index (χ4v) is 3.56.